The summed E-state index contributed by atoms with van der Waals surface area (Å²) in [5.74, 6) is 0. The van der Waals surface area contributed by atoms with Crippen molar-refractivity contribution >= 4 is 10.9 Å². The topological polar surface area (TPSA) is 102 Å². The molecule has 0 saturated heterocycles. The fourth-order valence-corrected chi connectivity index (χ4v) is 1.51. The Morgan fingerprint density at radius 2 is 2.12 bits per heavy atom. The van der Waals surface area contributed by atoms with Crippen LogP contribution in [0, 0.1) is 0 Å². The van der Waals surface area contributed by atoms with Crippen LogP contribution in [0.4, 0.5) is 0 Å². The van der Waals surface area contributed by atoms with Crippen LogP contribution in [0.3, 0.4) is 0 Å². The van der Waals surface area contributed by atoms with E-state index >= 15 is 0 Å². The van der Waals surface area contributed by atoms with Crippen molar-refractivity contribution in [2.45, 2.75) is 18.6 Å². The molecule has 4 N–H and O–H groups in total. The van der Waals surface area contributed by atoms with Crippen LogP contribution in [0.25, 0.3) is 10.9 Å². The summed E-state index contributed by atoms with van der Waals surface area (Å²) in [7, 11) is 0. The average molecular weight is 223 g/mol. The third-order valence-electron chi connectivity index (χ3n) is 2.44. The van der Waals surface area contributed by atoms with Crippen LogP contribution < -0.4 is 0 Å². The van der Waals surface area contributed by atoms with Crippen molar-refractivity contribution in [3.05, 3.63) is 24.2 Å². The summed E-state index contributed by atoms with van der Waals surface area (Å²) < 4.78 is 0. The number of hydrogen-bond donors (Lipinski definition) is 4. The van der Waals surface area contributed by atoms with Gasteiger partial charge in [0.15, 0.2) is 0 Å². The van der Waals surface area contributed by atoms with E-state index in [-0.39, 0.29) is 13.0 Å². The number of aromatic amines is 1. The first-order valence-electron chi connectivity index (χ1n) is 4.98. The summed E-state index contributed by atoms with van der Waals surface area (Å²) in [6.45, 7) is -0.174. The minimum atomic E-state index is -1.09. The van der Waals surface area contributed by atoms with Crippen LogP contribution in [0.5, 0.6) is 0 Å². The fourth-order valence-electron chi connectivity index (χ4n) is 1.51. The van der Waals surface area contributed by atoms with Crippen LogP contribution in [0.15, 0.2) is 18.5 Å². The van der Waals surface area contributed by atoms with Crippen LogP contribution in [-0.4, -0.2) is 43.2 Å². The van der Waals surface area contributed by atoms with Gasteiger partial charge in [0.25, 0.3) is 0 Å². The fraction of sp³-hybridized carbons (Fsp3) is 0.400. The zero-order chi connectivity index (χ0) is 11.5. The number of pyridine rings is 1. The highest BCUT2D eigenvalue weighted by Gasteiger charge is 2.19. The smallest absolute Gasteiger partial charge is 0.122 e. The largest absolute Gasteiger partial charge is 0.396 e. The van der Waals surface area contributed by atoms with Crippen LogP contribution in [0.2, 0.25) is 0 Å². The van der Waals surface area contributed by atoms with Crippen LogP contribution in [-0.2, 0) is 0 Å². The zero-order valence-corrected chi connectivity index (χ0v) is 8.54. The van der Waals surface area contributed by atoms with Gasteiger partial charge in [-0.05, 0) is 12.5 Å². The molecular formula is C10H13N3O3. The predicted molar refractivity (Wildman–Crippen MR) is 56.6 cm³/mol. The summed E-state index contributed by atoms with van der Waals surface area (Å²) >= 11 is 0. The normalized spacial score (nSPS) is 15.2. The van der Waals surface area contributed by atoms with Gasteiger partial charge in [-0.15, -0.1) is 0 Å². The van der Waals surface area contributed by atoms with E-state index in [1.165, 1.54) is 0 Å². The van der Waals surface area contributed by atoms with Crippen LogP contribution >= 0.6 is 0 Å². The maximum absolute atomic E-state index is 9.76. The lowest BCUT2D eigenvalue weighted by molar-refractivity contribution is 0.00201. The second-order valence-electron chi connectivity index (χ2n) is 3.59. The van der Waals surface area contributed by atoms with Gasteiger partial charge in [-0.2, -0.15) is 5.10 Å². The van der Waals surface area contributed by atoms with E-state index in [1.807, 2.05) is 0 Å². The minimum Gasteiger partial charge on any atom is -0.396 e. The van der Waals surface area contributed by atoms with Gasteiger partial charge in [0.05, 0.1) is 29.7 Å². The Morgan fingerprint density at radius 1 is 1.31 bits per heavy atom. The predicted octanol–water partition coefficient (Wildman–Crippen LogP) is -0.265. The molecule has 0 aromatic carbocycles. The maximum Gasteiger partial charge on any atom is 0.122 e. The molecule has 16 heavy (non-hydrogen) atoms. The molecule has 2 atom stereocenters. The molecule has 6 heteroatoms. The van der Waals surface area contributed by atoms with Crippen molar-refractivity contribution in [2.24, 2.45) is 0 Å². The van der Waals surface area contributed by atoms with Crippen molar-refractivity contribution in [1.82, 2.24) is 15.2 Å². The highest BCUT2D eigenvalue weighted by Crippen LogP contribution is 2.20. The molecule has 6 nitrogen and oxygen atoms in total. The van der Waals surface area contributed by atoms with Gasteiger partial charge in [0.2, 0.25) is 0 Å². The minimum absolute atomic E-state index is 0.117. The van der Waals surface area contributed by atoms with E-state index in [4.69, 9.17) is 5.11 Å². The molecule has 0 fully saturated rings. The number of nitrogens with zero attached hydrogens (tertiary/aromatic N) is 2. The lowest BCUT2D eigenvalue weighted by atomic mass is 10.1. The summed E-state index contributed by atoms with van der Waals surface area (Å²) in [6, 6.07) is 1.66. The molecule has 2 aromatic rings. The summed E-state index contributed by atoms with van der Waals surface area (Å²) in [5, 5.41) is 35.3. The molecule has 0 spiro atoms. The number of H-pyrrole nitrogens is 1. The molecule has 0 bridgehead atoms. The Bertz CT molecular complexity index is 471. The van der Waals surface area contributed by atoms with E-state index < -0.39 is 12.2 Å². The Labute approximate surface area is 91.6 Å². The van der Waals surface area contributed by atoms with E-state index in [1.54, 1.807) is 18.5 Å². The van der Waals surface area contributed by atoms with Gasteiger partial charge < -0.3 is 15.3 Å². The molecule has 2 aromatic heterocycles. The third-order valence-corrected chi connectivity index (χ3v) is 2.44. The number of aliphatic hydroxyl groups excluding tert-OH is 3. The van der Waals surface area contributed by atoms with E-state index in [0.717, 1.165) is 10.9 Å². The number of aliphatic hydroxyl groups is 3. The Morgan fingerprint density at radius 3 is 2.88 bits per heavy atom. The molecule has 0 amide bonds. The van der Waals surface area contributed by atoms with Gasteiger partial charge in [0.1, 0.15) is 6.10 Å². The van der Waals surface area contributed by atoms with Crippen molar-refractivity contribution < 1.29 is 15.3 Å². The molecule has 2 heterocycles. The molecule has 0 radical (unpaired) electrons. The average Bonchev–Trinajstić information content (AvgIpc) is 2.75. The number of hydrogen-bond acceptors (Lipinski definition) is 5. The van der Waals surface area contributed by atoms with Crippen LogP contribution in [0.1, 0.15) is 18.2 Å². The number of nitrogens with one attached hydrogen (secondary N) is 1. The second kappa shape index (κ2) is 4.56. The zero-order valence-electron chi connectivity index (χ0n) is 8.54. The quantitative estimate of drug-likeness (QED) is 0.571. The molecule has 0 saturated carbocycles. The molecule has 2 rings (SSSR count). The molecule has 0 aliphatic carbocycles. The Balaban J connectivity index is 2.24. The first-order valence-corrected chi connectivity index (χ1v) is 4.98. The first kappa shape index (κ1) is 11.0. The number of aromatic nitrogens is 3. The highest BCUT2D eigenvalue weighted by molar-refractivity contribution is 5.77. The highest BCUT2D eigenvalue weighted by atomic mass is 16.3. The second-order valence-corrected chi connectivity index (χ2v) is 3.59. The monoisotopic (exact) mass is 223 g/mol. The van der Waals surface area contributed by atoms with E-state index in [2.05, 4.69) is 15.2 Å². The SMILES string of the molecule is OCCC(O)C(O)c1cc2cn[nH]c2cn1. The Hall–Kier alpha value is -1.50. The molecule has 0 aliphatic heterocycles. The molecular weight excluding hydrogens is 210 g/mol. The first-order chi connectivity index (χ1) is 7.72. The van der Waals surface area contributed by atoms with Crippen molar-refractivity contribution in [3.8, 4) is 0 Å². The third kappa shape index (κ3) is 2.04. The Kier molecular flexibility index (Phi) is 3.14. The van der Waals surface area contributed by atoms with E-state index in [9.17, 15) is 10.2 Å². The molecule has 0 aliphatic rings. The standard InChI is InChI=1S/C10H13N3O3/c14-2-1-9(15)10(16)7-3-6-4-12-13-8(6)5-11-7/h3-5,9-10,14-16H,1-2H2,(H,12,13). The lowest BCUT2D eigenvalue weighted by Gasteiger charge is -2.16. The van der Waals surface area contributed by atoms with Gasteiger partial charge in [0, 0.05) is 12.0 Å². The molecule has 86 valence electrons. The summed E-state index contributed by atoms with van der Waals surface area (Å²) in [4.78, 5) is 4.02. The number of fused-ring (bicyclic) bond motifs is 1. The van der Waals surface area contributed by atoms with Gasteiger partial charge >= 0.3 is 0 Å². The summed E-state index contributed by atoms with van der Waals surface area (Å²) in [5.41, 5.74) is 1.14. The molecule has 2 unspecified atom stereocenters. The number of rotatable bonds is 4. The van der Waals surface area contributed by atoms with Crippen molar-refractivity contribution in [1.29, 1.82) is 0 Å². The van der Waals surface area contributed by atoms with Crippen molar-refractivity contribution in [3.63, 3.8) is 0 Å². The summed E-state index contributed by atoms with van der Waals surface area (Å²) in [6.07, 6.45) is 1.18. The van der Waals surface area contributed by atoms with Gasteiger partial charge in [-0.3, -0.25) is 10.1 Å². The van der Waals surface area contributed by atoms with Gasteiger partial charge in [-0.1, -0.05) is 0 Å². The van der Waals surface area contributed by atoms with Gasteiger partial charge in [-0.25, -0.2) is 0 Å². The van der Waals surface area contributed by atoms with Crippen molar-refractivity contribution in [2.75, 3.05) is 6.61 Å². The van der Waals surface area contributed by atoms with E-state index in [0.29, 0.717) is 5.69 Å². The lowest BCUT2D eigenvalue weighted by Crippen LogP contribution is -2.20. The maximum atomic E-state index is 9.76.